The predicted octanol–water partition coefficient (Wildman–Crippen LogP) is 2.13. The molecule has 10 heteroatoms. The fourth-order valence-electron chi connectivity index (χ4n) is 3.46. The van der Waals surface area contributed by atoms with E-state index in [9.17, 15) is 10.1 Å². The molecular weight excluding hydrogens is 410 g/mol. The molecule has 10 nitrogen and oxygen atoms in total. The summed E-state index contributed by atoms with van der Waals surface area (Å²) in [5.74, 6) is 1.09. The van der Waals surface area contributed by atoms with E-state index in [4.69, 9.17) is 9.47 Å². The Morgan fingerprint density at radius 1 is 1.09 bits per heavy atom. The van der Waals surface area contributed by atoms with Gasteiger partial charge < -0.3 is 9.47 Å². The Kier molecular flexibility index (Phi) is 5.47. The van der Waals surface area contributed by atoms with Crippen molar-refractivity contribution in [2.75, 3.05) is 7.11 Å². The molecule has 162 valence electrons. The van der Waals surface area contributed by atoms with Crippen molar-refractivity contribution in [3.8, 4) is 34.6 Å². The van der Waals surface area contributed by atoms with Crippen LogP contribution < -0.4 is 15.2 Å². The van der Waals surface area contributed by atoms with Gasteiger partial charge in [-0.25, -0.2) is 9.48 Å². The van der Waals surface area contributed by atoms with Crippen LogP contribution >= 0.6 is 0 Å². The van der Waals surface area contributed by atoms with Gasteiger partial charge in [-0.1, -0.05) is 18.2 Å². The van der Waals surface area contributed by atoms with Gasteiger partial charge in [0.1, 0.15) is 29.7 Å². The van der Waals surface area contributed by atoms with Crippen LogP contribution in [0.3, 0.4) is 0 Å². The SMILES string of the molecule is COc1c(C#N)c(-c2ccc(OCc3ccccc3-n3nnn(C)c3=O)c(C)c2)nn1C. The summed E-state index contributed by atoms with van der Waals surface area (Å²) in [5.41, 5.74) is 3.67. The Balaban J connectivity index is 1.60. The van der Waals surface area contributed by atoms with Crippen LogP contribution in [0.1, 0.15) is 16.7 Å². The van der Waals surface area contributed by atoms with Gasteiger partial charge in [-0.3, -0.25) is 0 Å². The van der Waals surface area contributed by atoms with E-state index in [2.05, 4.69) is 21.6 Å². The number of nitrogens with zero attached hydrogens (tertiary/aromatic N) is 7. The summed E-state index contributed by atoms with van der Waals surface area (Å²) in [6.07, 6.45) is 0. The molecule has 0 N–H and O–H groups in total. The molecule has 0 saturated heterocycles. The number of rotatable bonds is 6. The smallest absolute Gasteiger partial charge is 0.368 e. The summed E-state index contributed by atoms with van der Waals surface area (Å²) in [7, 11) is 4.79. The van der Waals surface area contributed by atoms with Gasteiger partial charge in [0, 0.05) is 25.2 Å². The second-order valence-electron chi connectivity index (χ2n) is 7.16. The van der Waals surface area contributed by atoms with Crippen molar-refractivity contribution in [2.24, 2.45) is 14.1 Å². The maximum absolute atomic E-state index is 12.2. The highest BCUT2D eigenvalue weighted by atomic mass is 16.5. The van der Waals surface area contributed by atoms with E-state index in [1.807, 2.05) is 43.3 Å². The molecule has 0 amide bonds. The third-order valence-electron chi connectivity index (χ3n) is 5.07. The number of hydrogen-bond acceptors (Lipinski definition) is 7. The molecule has 0 aliphatic rings. The molecule has 0 saturated carbocycles. The molecule has 0 aliphatic carbocycles. The van der Waals surface area contributed by atoms with E-state index >= 15 is 0 Å². The van der Waals surface area contributed by atoms with Crippen molar-refractivity contribution in [3.63, 3.8) is 0 Å². The fourth-order valence-corrected chi connectivity index (χ4v) is 3.46. The number of benzene rings is 2. The van der Waals surface area contributed by atoms with Gasteiger partial charge in [-0.05, 0) is 47.2 Å². The molecule has 0 radical (unpaired) electrons. The molecule has 0 bridgehead atoms. The summed E-state index contributed by atoms with van der Waals surface area (Å²) in [4.78, 5) is 12.2. The van der Waals surface area contributed by atoms with Crippen LogP contribution in [0.25, 0.3) is 16.9 Å². The van der Waals surface area contributed by atoms with Gasteiger partial charge in [-0.2, -0.15) is 19.7 Å². The number of methoxy groups -OCH3 is 1. The molecule has 0 atom stereocenters. The van der Waals surface area contributed by atoms with Gasteiger partial charge >= 0.3 is 5.69 Å². The molecule has 32 heavy (non-hydrogen) atoms. The monoisotopic (exact) mass is 431 g/mol. The van der Waals surface area contributed by atoms with E-state index < -0.39 is 0 Å². The first kappa shape index (κ1) is 20.9. The van der Waals surface area contributed by atoms with Crippen molar-refractivity contribution in [1.29, 1.82) is 5.26 Å². The fraction of sp³-hybridized carbons (Fsp3) is 0.227. The van der Waals surface area contributed by atoms with E-state index in [0.29, 0.717) is 28.6 Å². The van der Waals surface area contributed by atoms with E-state index in [1.54, 1.807) is 24.8 Å². The minimum Gasteiger partial charge on any atom is -0.489 e. The second-order valence-corrected chi connectivity index (χ2v) is 7.16. The Bertz CT molecular complexity index is 1390. The van der Waals surface area contributed by atoms with Gasteiger partial charge in [0.05, 0.1) is 12.8 Å². The number of nitriles is 1. The Morgan fingerprint density at radius 2 is 1.88 bits per heavy atom. The third-order valence-corrected chi connectivity index (χ3v) is 5.07. The van der Waals surface area contributed by atoms with E-state index in [0.717, 1.165) is 16.7 Å². The highest BCUT2D eigenvalue weighted by molar-refractivity contribution is 5.70. The maximum Gasteiger partial charge on any atom is 0.368 e. The topological polar surface area (TPSA) is 113 Å². The van der Waals surface area contributed by atoms with Gasteiger partial charge in [0.25, 0.3) is 0 Å². The highest BCUT2D eigenvalue weighted by Crippen LogP contribution is 2.32. The lowest BCUT2D eigenvalue weighted by molar-refractivity contribution is 0.303. The van der Waals surface area contributed by atoms with Crippen molar-refractivity contribution in [3.05, 3.63) is 69.6 Å². The van der Waals surface area contributed by atoms with Crippen LogP contribution in [0.2, 0.25) is 0 Å². The molecule has 0 aliphatic heterocycles. The summed E-state index contributed by atoms with van der Waals surface area (Å²) < 4.78 is 15.3. The standard InChI is InChI=1S/C22H21N7O3/c1-14-11-15(20-17(12-23)21(31-4)27(2)24-20)9-10-19(14)32-13-16-7-5-6-8-18(16)29-22(30)28(3)25-26-29/h5-11H,13H2,1-4H3. The average Bonchev–Trinajstić information content (AvgIpc) is 3.31. The number of aromatic nitrogens is 6. The van der Waals surface area contributed by atoms with Crippen LogP contribution in [0.15, 0.2) is 47.3 Å². The van der Waals surface area contributed by atoms with Crippen molar-refractivity contribution in [1.82, 2.24) is 29.6 Å². The summed E-state index contributed by atoms with van der Waals surface area (Å²) in [6, 6.07) is 15.1. The lowest BCUT2D eigenvalue weighted by Crippen LogP contribution is -2.23. The van der Waals surface area contributed by atoms with E-state index in [-0.39, 0.29) is 12.3 Å². The molecule has 0 spiro atoms. The molecule has 2 aromatic carbocycles. The number of hydrogen-bond donors (Lipinski definition) is 0. The predicted molar refractivity (Wildman–Crippen MR) is 116 cm³/mol. The van der Waals surface area contributed by atoms with Gasteiger partial charge in [0.2, 0.25) is 5.88 Å². The molecular formula is C22H21N7O3. The zero-order valence-corrected chi connectivity index (χ0v) is 18.1. The quantitative estimate of drug-likeness (QED) is 0.460. The third kappa shape index (κ3) is 3.60. The van der Waals surface area contributed by atoms with E-state index in [1.165, 1.54) is 16.5 Å². The first-order chi connectivity index (χ1) is 15.4. The molecule has 2 heterocycles. The Hall–Kier alpha value is -4.39. The number of tetrazole rings is 1. The van der Waals surface area contributed by atoms with Crippen LogP contribution in [0, 0.1) is 18.3 Å². The lowest BCUT2D eigenvalue weighted by Gasteiger charge is -2.12. The number of ether oxygens (including phenoxy) is 2. The molecule has 4 aromatic rings. The maximum atomic E-state index is 12.2. The van der Waals surface area contributed by atoms with Crippen LogP contribution in [0.4, 0.5) is 0 Å². The van der Waals surface area contributed by atoms with Gasteiger partial charge in [-0.15, -0.1) is 0 Å². The van der Waals surface area contributed by atoms with Crippen molar-refractivity contribution in [2.45, 2.75) is 13.5 Å². The van der Waals surface area contributed by atoms with Crippen LogP contribution in [0.5, 0.6) is 11.6 Å². The van der Waals surface area contributed by atoms with Crippen LogP contribution in [-0.2, 0) is 20.7 Å². The minimum atomic E-state index is -0.336. The first-order valence-electron chi connectivity index (χ1n) is 9.76. The number of aryl methyl sites for hydroxylation is 3. The zero-order chi connectivity index (χ0) is 22.8. The second kappa shape index (κ2) is 8.39. The van der Waals surface area contributed by atoms with Crippen molar-refractivity contribution < 1.29 is 9.47 Å². The minimum absolute atomic E-state index is 0.236. The summed E-state index contributed by atoms with van der Waals surface area (Å²) in [5, 5.41) is 21.6. The summed E-state index contributed by atoms with van der Waals surface area (Å²) in [6.45, 7) is 2.16. The highest BCUT2D eigenvalue weighted by Gasteiger charge is 2.19. The normalized spacial score (nSPS) is 10.7. The molecule has 0 unspecified atom stereocenters. The first-order valence-corrected chi connectivity index (χ1v) is 9.76. The molecule has 4 rings (SSSR count). The summed E-state index contributed by atoms with van der Waals surface area (Å²) >= 11 is 0. The Morgan fingerprint density at radius 3 is 2.53 bits per heavy atom. The number of para-hydroxylation sites is 1. The van der Waals surface area contributed by atoms with Gasteiger partial charge in [0.15, 0.2) is 0 Å². The average molecular weight is 431 g/mol. The van der Waals surface area contributed by atoms with Crippen LogP contribution in [-0.4, -0.2) is 36.7 Å². The Labute approximate surface area is 183 Å². The largest absolute Gasteiger partial charge is 0.489 e. The molecule has 2 aromatic heterocycles. The van der Waals surface area contributed by atoms with Crippen molar-refractivity contribution >= 4 is 0 Å². The zero-order valence-electron chi connectivity index (χ0n) is 18.1. The molecule has 0 fully saturated rings. The lowest BCUT2D eigenvalue weighted by atomic mass is 10.1.